The average Bonchev–Trinajstić information content (AvgIpc) is 3.49. The molecule has 0 radical (unpaired) electrons. The van der Waals surface area contributed by atoms with Crippen molar-refractivity contribution in [2.75, 3.05) is 19.8 Å². The molecule has 9 atom stereocenters. The topological polar surface area (TPSA) is 202 Å². The van der Waals surface area contributed by atoms with Crippen LogP contribution in [0, 0.1) is 0 Å². The molecule has 0 aromatic heterocycles. The van der Waals surface area contributed by atoms with Crippen molar-refractivity contribution >= 4 is 11.9 Å². The first-order valence-electron chi connectivity index (χ1n) is 23.9. The van der Waals surface area contributed by atoms with E-state index in [1.54, 1.807) is 0 Å². The molecule has 0 amide bonds. The summed E-state index contributed by atoms with van der Waals surface area (Å²) < 4.78 is 28.7. The quantitative estimate of drug-likeness (QED) is 0.0266. The number of aliphatic hydroxyl groups is 6. The highest BCUT2D eigenvalue weighted by molar-refractivity contribution is 5.70. The molecule has 0 aliphatic carbocycles. The lowest BCUT2D eigenvalue weighted by Crippen LogP contribution is -2.64. The van der Waals surface area contributed by atoms with E-state index in [1.807, 2.05) is 0 Å². The minimum atomic E-state index is -2.30. The lowest BCUT2D eigenvalue weighted by Gasteiger charge is -2.44. The summed E-state index contributed by atoms with van der Waals surface area (Å²) in [7, 11) is 0. The van der Waals surface area contributed by atoms with Crippen LogP contribution >= 0.6 is 0 Å². The average molecular weight is 847 g/mol. The summed E-state index contributed by atoms with van der Waals surface area (Å²) in [5, 5.41) is 63.1. The molecule has 13 nitrogen and oxygen atoms in total. The monoisotopic (exact) mass is 847 g/mol. The van der Waals surface area contributed by atoms with E-state index < -0.39 is 86.6 Å². The van der Waals surface area contributed by atoms with Gasteiger partial charge in [0.25, 0.3) is 0 Å². The third-order valence-electron chi connectivity index (χ3n) is 12.0. The van der Waals surface area contributed by atoms with Crippen molar-refractivity contribution in [3.63, 3.8) is 0 Å². The van der Waals surface area contributed by atoms with Crippen LogP contribution in [0.5, 0.6) is 0 Å². The van der Waals surface area contributed by atoms with Crippen molar-refractivity contribution < 1.29 is 63.9 Å². The van der Waals surface area contributed by atoms with Crippen LogP contribution in [-0.4, -0.2) is 117 Å². The van der Waals surface area contributed by atoms with Crippen LogP contribution in [-0.2, 0) is 33.3 Å². The molecule has 0 bridgehead atoms. The maximum absolute atomic E-state index is 13.0. The summed E-state index contributed by atoms with van der Waals surface area (Å²) in [5.74, 6) is -3.64. The van der Waals surface area contributed by atoms with Gasteiger partial charge in [-0.05, 0) is 12.8 Å². The first kappa shape index (κ1) is 53.7. The number of esters is 2. The van der Waals surface area contributed by atoms with Crippen LogP contribution in [0.25, 0.3) is 0 Å². The SMILES string of the molecule is CCCCCCCCCCCCCCCCCC(=O)O[C@H]1[C@H](O)[C@@H](CO)O[C@@]1(CO)O[C@H]1O[C@H](CO)[C@@H](O)[C@H](O)[C@H]1OC(=O)CCCCCCCCCCCCCCC. The summed E-state index contributed by atoms with van der Waals surface area (Å²) in [5.41, 5.74) is 0. The third kappa shape index (κ3) is 21.0. The second-order valence-electron chi connectivity index (χ2n) is 17.2. The molecule has 0 spiro atoms. The summed E-state index contributed by atoms with van der Waals surface area (Å²) in [6.07, 6.45) is 19.9. The van der Waals surface area contributed by atoms with Gasteiger partial charge in [0.2, 0.25) is 12.1 Å². The number of carbonyl (C=O) groups is 2. The second-order valence-corrected chi connectivity index (χ2v) is 17.2. The fourth-order valence-corrected chi connectivity index (χ4v) is 8.22. The Morgan fingerprint density at radius 1 is 0.492 bits per heavy atom. The molecule has 59 heavy (non-hydrogen) atoms. The highest BCUT2D eigenvalue weighted by Crippen LogP contribution is 2.39. The standard InChI is InChI=1S/C46H86O13/c1-3-5-7-9-11-13-15-17-18-20-22-24-26-28-30-32-39(51)57-44-41(53)37(34-48)58-46(44,35-49)59-45-43(42(54)40(52)36(33-47)55-45)56-38(50)31-29-27-25-23-21-19-16-14-12-10-8-6-4-2/h36-37,40-45,47-49,52-54H,3-35H2,1-2H3/t36-,37-,40-,41-,42+,43-,44+,45-,46+/m1/s1. The van der Waals surface area contributed by atoms with Gasteiger partial charge in [0, 0.05) is 12.8 Å². The predicted octanol–water partition coefficient (Wildman–Crippen LogP) is 7.45. The van der Waals surface area contributed by atoms with Gasteiger partial charge >= 0.3 is 11.9 Å². The Hall–Kier alpha value is -1.42. The largest absolute Gasteiger partial charge is 0.454 e. The first-order valence-corrected chi connectivity index (χ1v) is 23.9. The number of rotatable bonds is 37. The van der Waals surface area contributed by atoms with Crippen LogP contribution in [0.3, 0.4) is 0 Å². The van der Waals surface area contributed by atoms with E-state index in [0.29, 0.717) is 12.8 Å². The lowest BCUT2D eigenvalue weighted by atomic mass is 9.98. The summed E-state index contributed by atoms with van der Waals surface area (Å²) in [6.45, 7) is 2.04. The molecular weight excluding hydrogens is 760 g/mol. The number of aliphatic hydroxyl groups excluding tert-OH is 6. The van der Waals surface area contributed by atoms with Gasteiger partial charge in [0.15, 0.2) is 12.2 Å². The van der Waals surface area contributed by atoms with Gasteiger partial charge in [-0.1, -0.05) is 181 Å². The number of ether oxygens (including phenoxy) is 5. The maximum Gasteiger partial charge on any atom is 0.306 e. The fourth-order valence-electron chi connectivity index (χ4n) is 8.22. The van der Waals surface area contributed by atoms with Gasteiger partial charge in [-0.2, -0.15) is 0 Å². The maximum atomic E-state index is 13.0. The molecule has 2 heterocycles. The summed E-state index contributed by atoms with van der Waals surface area (Å²) >= 11 is 0. The molecule has 2 fully saturated rings. The fraction of sp³-hybridized carbons (Fsp3) is 0.957. The van der Waals surface area contributed by atoms with Crippen LogP contribution in [0.4, 0.5) is 0 Å². The molecule has 0 aromatic rings. The van der Waals surface area contributed by atoms with E-state index in [4.69, 9.17) is 23.7 Å². The smallest absolute Gasteiger partial charge is 0.306 e. The zero-order valence-electron chi connectivity index (χ0n) is 37.0. The highest BCUT2D eigenvalue weighted by atomic mass is 16.8. The zero-order valence-corrected chi connectivity index (χ0v) is 37.0. The number of unbranched alkanes of at least 4 members (excludes halogenated alkanes) is 26. The predicted molar refractivity (Wildman–Crippen MR) is 226 cm³/mol. The Balaban J connectivity index is 1.84. The van der Waals surface area contributed by atoms with Crippen molar-refractivity contribution in [2.45, 2.75) is 261 Å². The molecule has 348 valence electrons. The van der Waals surface area contributed by atoms with Crippen molar-refractivity contribution in [3.8, 4) is 0 Å². The minimum Gasteiger partial charge on any atom is -0.454 e. The number of hydrogen-bond donors (Lipinski definition) is 6. The molecule has 0 unspecified atom stereocenters. The highest BCUT2D eigenvalue weighted by Gasteiger charge is 2.61. The van der Waals surface area contributed by atoms with E-state index in [1.165, 1.54) is 116 Å². The van der Waals surface area contributed by atoms with Crippen molar-refractivity contribution in [2.24, 2.45) is 0 Å². The van der Waals surface area contributed by atoms with Crippen molar-refractivity contribution in [3.05, 3.63) is 0 Å². The molecule has 2 aliphatic rings. The summed E-state index contributed by atoms with van der Waals surface area (Å²) in [6, 6.07) is 0. The molecule has 13 heteroatoms. The molecule has 2 rings (SSSR count). The summed E-state index contributed by atoms with van der Waals surface area (Å²) in [4.78, 5) is 26.0. The normalized spacial score (nSPS) is 27.0. The molecule has 2 saturated heterocycles. The van der Waals surface area contributed by atoms with Crippen molar-refractivity contribution in [1.29, 1.82) is 0 Å². The van der Waals surface area contributed by atoms with Crippen molar-refractivity contribution in [1.82, 2.24) is 0 Å². The van der Waals surface area contributed by atoms with Gasteiger partial charge in [-0.15, -0.1) is 0 Å². The zero-order chi connectivity index (χ0) is 43.1. The Labute approximate surface area is 356 Å². The Bertz CT molecular complexity index is 1050. The van der Waals surface area contributed by atoms with E-state index in [9.17, 15) is 40.2 Å². The van der Waals surface area contributed by atoms with Crippen LogP contribution < -0.4 is 0 Å². The molecule has 0 saturated carbocycles. The molecule has 0 aromatic carbocycles. The van der Waals surface area contributed by atoms with Gasteiger partial charge in [-0.25, -0.2) is 0 Å². The number of hydrogen-bond acceptors (Lipinski definition) is 13. The van der Waals surface area contributed by atoms with E-state index in [0.717, 1.165) is 51.4 Å². The van der Waals surface area contributed by atoms with Gasteiger partial charge < -0.3 is 54.3 Å². The Morgan fingerprint density at radius 3 is 1.24 bits per heavy atom. The van der Waals surface area contributed by atoms with Gasteiger partial charge in [-0.3, -0.25) is 9.59 Å². The van der Waals surface area contributed by atoms with E-state index in [2.05, 4.69) is 13.8 Å². The Kier molecular flexibility index (Phi) is 30.2. The van der Waals surface area contributed by atoms with Gasteiger partial charge in [0.05, 0.1) is 13.2 Å². The van der Waals surface area contributed by atoms with Crippen LogP contribution in [0.2, 0.25) is 0 Å². The number of carbonyl (C=O) groups excluding carboxylic acids is 2. The minimum absolute atomic E-state index is 0.0414. The first-order chi connectivity index (χ1) is 28.7. The van der Waals surface area contributed by atoms with E-state index >= 15 is 0 Å². The second kappa shape index (κ2) is 33.2. The van der Waals surface area contributed by atoms with Crippen LogP contribution in [0.15, 0.2) is 0 Å². The molecule has 2 aliphatic heterocycles. The lowest BCUT2D eigenvalue weighted by molar-refractivity contribution is -0.384. The third-order valence-corrected chi connectivity index (χ3v) is 12.0. The molecule has 6 N–H and O–H groups in total. The van der Waals surface area contributed by atoms with E-state index in [-0.39, 0.29) is 12.8 Å². The van der Waals surface area contributed by atoms with Crippen LogP contribution in [0.1, 0.15) is 206 Å². The molecular formula is C46H86O13. The van der Waals surface area contributed by atoms with Gasteiger partial charge in [0.1, 0.15) is 37.1 Å². The Morgan fingerprint density at radius 2 is 0.864 bits per heavy atom.